The normalized spacial score (nSPS) is 10.2. The number of ether oxygens (including phenoxy) is 1. The van der Waals surface area contributed by atoms with Crippen LogP contribution < -0.4 is 0 Å². The smallest absolute Gasteiger partial charge is 0.345 e. The number of Topliss-reactive ketones (excluding diaryl/α,β-unsaturated/α-hetero) is 1. The van der Waals surface area contributed by atoms with E-state index in [0.717, 1.165) is 6.07 Å². The van der Waals surface area contributed by atoms with Crippen LogP contribution in [0.4, 0.5) is 5.69 Å². The van der Waals surface area contributed by atoms with Gasteiger partial charge in [0, 0.05) is 16.7 Å². The lowest BCUT2D eigenvalue weighted by Crippen LogP contribution is -2.15. The number of halogens is 2. The minimum atomic E-state index is -0.992. The van der Waals surface area contributed by atoms with E-state index in [4.69, 9.17) is 27.9 Å². The molecule has 0 saturated carbocycles. The van der Waals surface area contributed by atoms with Crippen LogP contribution in [0.2, 0.25) is 10.0 Å². The van der Waals surface area contributed by atoms with Crippen LogP contribution in [-0.2, 0) is 4.74 Å². The van der Waals surface area contributed by atoms with Crippen molar-refractivity contribution in [3.8, 4) is 0 Å². The fourth-order valence-corrected chi connectivity index (χ4v) is 2.21. The third kappa shape index (κ3) is 4.06. The number of carbonyl (C=O) groups is 2. The number of esters is 1. The lowest BCUT2D eigenvalue weighted by atomic mass is 10.1. The monoisotopic (exact) mass is 353 g/mol. The zero-order chi connectivity index (χ0) is 17.0. The number of ketones is 1. The molecule has 0 aliphatic carbocycles. The Balaban J connectivity index is 2.13. The first-order chi connectivity index (χ1) is 10.9. The van der Waals surface area contributed by atoms with Gasteiger partial charge >= 0.3 is 5.97 Å². The highest BCUT2D eigenvalue weighted by Gasteiger charge is 2.23. The summed E-state index contributed by atoms with van der Waals surface area (Å²) in [6.45, 7) is -0.581. The molecule has 0 aliphatic rings. The van der Waals surface area contributed by atoms with Crippen molar-refractivity contribution in [2.45, 2.75) is 0 Å². The second kappa shape index (κ2) is 7.21. The minimum absolute atomic E-state index is 0.111. The second-order valence-electron chi connectivity index (χ2n) is 4.40. The van der Waals surface area contributed by atoms with Gasteiger partial charge in [-0.2, -0.15) is 0 Å². The fourth-order valence-electron chi connectivity index (χ4n) is 1.80. The van der Waals surface area contributed by atoms with Crippen LogP contribution in [0.15, 0.2) is 42.5 Å². The largest absolute Gasteiger partial charge is 0.454 e. The van der Waals surface area contributed by atoms with Gasteiger partial charge in [-0.3, -0.25) is 14.9 Å². The zero-order valence-electron chi connectivity index (χ0n) is 11.5. The third-order valence-corrected chi connectivity index (χ3v) is 3.45. The first kappa shape index (κ1) is 16.9. The lowest BCUT2D eigenvalue weighted by Gasteiger charge is -2.06. The highest BCUT2D eigenvalue weighted by molar-refractivity contribution is 6.34. The number of rotatable bonds is 5. The molecular formula is C15H9Cl2NO5. The lowest BCUT2D eigenvalue weighted by molar-refractivity contribution is -0.385. The molecule has 0 saturated heterocycles. The summed E-state index contributed by atoms with van der Waals surface area (Å²) >= 11 is 11.5. The first-order valence-corrected chi connectivity index (χ1v) is 7.04. The van der Waals surface area contributed by atoms with E-state index in [1.54, 1.807) is 12.1 Å². The van der Waals surface area contributed by atoms with E-state index in [9.17, 15) is 19.7 Å². The van der Waals surface area contributed by atoms with Crippen molar-refractivity contribution in [2.75, 3.05) is 6.61 Å². The number of hydrogen-bond donors (Lipinski definition) is 0. The fraction of sp³-hybridized carbons (Fsp3) is 0.0667. The molecule has 0 spiro atoms. The van der Waals surface area contributed by atoms with Crippen LogP contribution in [-0.4, -0.2) is 23.3 Å². The van der Waals surface area contributed by atoms with Crippen molar-refractivity contribution >= 4 is 40.6 Å². The number of carbonyl (C=O) groups excluding carboxylic acids is 2. The standard InChI is InChI=1S/C15H9Cl2NO5/c16-9-5-6-11(13(7-9)18(21)22)15(20)23-8-14(19)10-3-1-2-4-12(10)17/h1-7H,8H2. The highest BCUT2D eigenvalue weighted by atomic mass is 35.5. The molecule has 0 amide bonds. The number of benzene rings is 2. The number of nitrogens with zero attached hydrogens (tertiary/aromatic N) is 1. The molecule has 2 rings (SSSR count). The molecule has 0 unspecified atom stereocenters. The molecule has 23 heavy (non-hydrogen) atoms. The zero-order valence-corrected chi connectivity index (χ0v) is 13.0. The van der Waals surface area contributed by atoms with Gasteiger partial charge in [-0.05, 0) is 24.3 Å². The third-order valence-electron chi connectivity index (χ3n) is 2.89. The van der Waals surface area contributed by atoms with E-state index in [0.29, 0.717) is 0 Å². The molecule has 0 atom stereocenters. The van der Waals surface area contributed by atoms with Crippen molar-refractivity contribution in [2.24, 2.45) is 0 Å². The summed E-state index contributed by atoms with van der Waals surface area (Å²) in [7, 11) is 0. The van der Waals surface area contributed by atoms with Gasteiger partial charge in [-0.25, -0.2) is 4.79 Å². The molecule has 2 aromatic rings. The Morgan fingerprint density at radius 3 is 2.43 bits per heavy atom. The maximum atomic E-state index is 12.0. The maximum Gasteiger partial charge on any atom is 0.345 e. The van der Waals surface area contributed by atoms with E-state index in [1.165, 1.54) is 24.3 Å². The van der Waals surface area contributed by atoms with Gasteiger partial charge in [0.25, 0.3) is 5.69 Å². The molecule has 0 radical (unpaired) electrons. The second-order valence-corrected chi connectivity index (χ2v) is 5.24. The molecule has 0 aliphatic heterocycles. The Kier molecular flexibility index (Phi) is 5.31. The highest BCUT2D eigenvalue weighted by Crippen LogP contribution is 2.24. The summed E-state index contributed by atoms with van der Waals surface area (Å²) in [5.41, 5.74) is -0.577. The van der Waals surface area contributed by atoms with E-state index < -0.39 is 29.0 Å². The van der Waals surface area contributed by atoms with E-state index in [2.05, 4.69) is 0 Å². The van der Waals surface area contributed by atoms with Gasteiger partial charge in [0.1, 0.15) is 5.56 Å². The Morgan fingerprint density at radius 1 is 1.09 bits per heavy atom. The van der Waals surface area contributed by atoms with Crippen molar-refractivity contribution < 1.29 is 19.2 Å². The molecule has 0 aromatic heterocycles. The van der Waals surface area contributed by atoms with Gasteiger partial charge < -0.3 is 4.74 Å². The van der Waals surface area contributed by atoms with E-state index in [-0.39, 0.29) is 21.2 Å². The summed E-state index contributed by atoms with van der Waals surface area (Å²) in [6.07, 6.45) is 0. The maximum absolute atomic E-state index is 12.0. The average Bonchev–Trinajstić information content (AvgIpc) is 2.52. The summed E-state index contributed by atoms with van der Waals surface area (Å²) in [4.78, 5) is 34.1. The molecule has 8 heteroatoms. The molecule has 6 nitrogen and oxygen atoms in total. The first-order valence-electron chi connectivity index (χ1n) is 6.29. The van der Waals surface area contributed by atoms with Crippen LogP contribution in [0, 0.1) is 10.1 Å². The molecule has 0 fully saturated rings. The van der Waals surface area contributed by atoms with Crippen LogP contribution in [0.25, 0.3) is 0 Å². The van der Waals surface area contributed by atoms with Gasteiger partial charge in [0.15, 0.2) is 6.61 Å². The van der Waals surface area contributed by atoms with Crippen molar-refractivity contribution in [1.29, 1.82) is 0 Å². The van der Waals surface area contributed by atoms with Crippen molar-refractivity contribution in [3.05, 3.63) is 73.8 Å². The van der Waals surface area contributed by atoms with Gasteiger partial charge in [0.2, 0.25) is 5.78 Å². The molecule has 0 N–H and O–H groups in total. The Labute approximate surface area is 140 Å². The molecule has 0 bridgehead atoms. The molecule has 118 valence electrons. The topological polar surface area (TPSA) is 86.5 Å². The van der Waals surface area contributed by atoms with Crippen molar-refractivity contribution in [1.82, 2.24) is 0 Å². The summed E-state index contributed by atoms with van der Waals surface area (Å²) in [5, 5.41) is 11.3. The average molecular weight is 354 g/mol. The van der Waals surface area contributed by atoms with Gasteiger partial charge in [-0.15, -0.1) is 0 Å². The van der Waals surface area contributed by atoms with Crippen molar-refractivity contribution in [3.63, 3.8) is 0 Å². The quantitative estimate of drug-likeness (QED) is 0.351. The van der Waals surface area contributed by atoms with Gasteiger partial charge in [-0.1, -0.05) is 35.3 Å². The Hall–Kier alpha value is -2.44. The summed E-state index contributed by atoms with van der Waals surface area (Å²) in [5.74, 6) is -1.51. The molecule has 2 aromatic carbocycles. The SMILES string of the molecule is O=C(COC(=O)c1ccc(Cl)cc1[N+](=O)[O-])c1ccccc1Cl. The summed E-state index contributed by atoms with van der Waals surface area (Å²) in [6, 6.07) is 9.81. The molecular weight excluding hydrogens is 345 g/mol. The summed E-state index contributed by atoms with van der Waals surface area (Å²) < 4.78 is 4.84. The van der Waals surface area contributed by atoms with E-state index >= 15 is 0 Å². The minimum Gasteiger partial charge on any atom is -0.454 e. The number of nitro groups is 1. The predicted octanol–water partition coefficient (Wildman–Crippen LogP) is 3.94. The number of nitro benzene ring substituents is 1. The van der Waals surface area contributed by atoms with Crippen LogP contribution in [0.5, 0.6) is 0 Å². The number of hydrogen-bond acceptors (Lipinski definition) is 5. The Morgan fingerprint density at radius 2 is 1.78 bits per heavy atom. The predicted molar refractivity (Wildman–Crippen MR) is 84.2 cm³/mol. The Bertz CT molecular complexity index is 791. The van der Waals surface area contributed by atoms with Gasteiger partial charge in [0.05, 0.1) is 9.95 Å². The van der Waals surface area contributed by atoms with Crippen LogP contribution in [0.3, 0.4) is 0 Å². The van der Waals surface area contributed by atoms with E-state index in [1.807, 2.05) is 0 Å². The van der Waals surface area contributed by atoms with Crippen LogP contribution in [0.1, 0.15) is 20.7 Å². The molecule has 0 heterocycles. The van der Waals surface area contributed by atoms with Crippen LogP contribution >= 0.6 is 23.2 Å².